The van der Waals surface area contributed by atoms with Crippen LogP contribution in [0.1, 0.15) is 0 Å². The van der Waals surface area contributed by atoms with E-state index in [4.69, 9.17) is 23.2 Å². The van der Waals surface area contributed by atoms with Crippen molar-refractivity contribution in [2.45, 2.75) is 4.21 Å². The number of nitrogens with zero attached hydrogens (tertiary/aromatic N) is 4. The maximum Gasteiger partial charge on any atom is 0.252 e. The maximum absolute atomic E-state index is 12.5. The largest absolute Gasteiger partial charge is 0.323 e. The van der Waals surface area contributed by atoms with Gasteiger partial charge in [-0.25, -0.2) is 18.1 Å². The third-order valence-corrected chi connectivity index (χ3v) is 7.21. The summed E-state index contributed by atoms with van der Waals surface area (Å²) in [5, 5.41) is 7.08. The van der Waals surface area contributed by atoms with E-state index < -0.39 is 15.9 Å². The number of anilines is 1. The van der Waals surface area contributed by atoms with Crippen molar-refractivity contribution in [2.75, 3.05) is 18.9 Å². The van der Waals surface area contributed by atoms with Crippen molar-refractivity contribution in [3.63, 3.8) is 0 Å². The highest BCUT2D eigenvalue weighted by molar-refractivity contribution is 7.91. The third kappa shape index (κ3) is 4.47. The van der Waals surface area contributed by atoms with E-state index in [2.05, 4.69) is 15.4 Å². The van der Waals surface area contributed by atoms with Gasteiger partial charge in [-0.15, -0.1) is 11.3 Å². The highest BCUT2D eigenvalue weighted by Gasteiger charge is 2.25. The minimum atomic E-state index is -3.81. The molecule has 0 saturated heterocycles. The van der Waals surface area contributed by atoms with Crippen molar-refractivity contribution >= 4 is 56.2 Å². The van der Waals surface area contributed by atoms with E-state index in [1.807, 2.05) is 0 Å². The van der Waals surface area contributed by atoms with Crippen LogP contribution < -0.4 is 5.32 Å². The highest BCUT2D eigenvalue weighted by Crippen LogP contribution is 2.28. The first-order valence-corrected chi connectivity index (χ1v) is 10.4. The summed E-state index contributed by atoms with van der Waals surface area (Å²) >= 11 is 12.7. The van der Waals surface area contributed by atoms with E-state index in [-0.39, 0.29) is 10.8 Å². The highest BCUT2D eigenvalue weighted by atomic mass is 35.5. The van der Waals surface area contributed by atoms with Gasteiger partial charge in [0.15, 0.2) is 0 Å². The van der Waals surface area contributed by atoms with E-state index >= 15 is 0 Å². The molecule has 0 radical (unpaired) electrons. The second-order valence-corrected chi connectivity index (χ2v) is 9.79. The minimum absolute atomic E-state index is 0.0638. The number of hydrogen-bond donors (Lipinski definition) is 1. The fraction of sp³-hybridized carbons (Fsp3) is 0.133. The van der Waals surface area contributed by atoms with Crippen molar-refractivity contribution in [3.8, 4) is 5.69 Å². The number of likely N-dealkylation sites (N-methyl/N-ethyl adjacent to an activating group) is 1. The number of halogens is 2. The molecule has 2 heterocycles. The van der Waals surface area contributed by atoms with Gasteiger partial charge in [-0.1, -0.05) is 23.2 Å². The Bertz CT molecular complexity index is 1070. The summed E-state index contributed by atoms with van der Waals surface area (Å²) in [6.07, 6.45) is 2.82. The Morgan fingerprint density at radius 3 is 2.70 bits per heavy atom. The number of sulfonamides is 1. The quantitative estimate of drug-likeness (QED) is 0.628. The lowest BCUT2D eigenvalue weighted by molar-refractivity contribution is -0.116. The molecule has 3 aromatic rings. The van der Waals surface area contributed by atoms with E-state index in [1.165, 1.54) is 36.5 Å². The molecule has 1 aromatic carbocycles. The molecule has 0 atom stereocenters. The van der Waals surface area contributed by atoms with Crippen molar-refractivity contribution < 1.29 is 13.2 Å². The second-order valence-electron chi connectivity index (χ2n) is 5.37. The lowest BCUT2D eigenvalue weighted by Crippen LogP contribution is -2.34. The molecule has 0 aliphatic heterocycles. The first kappa shape index (κ1) is 19.8. The summed E-state index contributed by atoms with van der Waals surface area (Å²) in [6.45, 7) is -0.388. The molecule has 0 aliphatic carbocycles. The maximum atomic E-state index is 12.5. The number of amides is 1. The summed E-state index contributed by atoms with van der Waals surface area (Å²) in [7, 11) is -2.50. The summed E-state index contributed by atoms with van der Waals surface area (Å²) in [4.78, 5) is 16.3. The molecule has 0 saturated carbocycles. The number of rotatable bonds is 6. The van der Waals surface area contributed by atoms with Gasteiger partial charge in [0.1, 0.15) is 16.9 Å². The van der Waals surface area contributed by atoms with Gasteiger partial charge in [-0.2, -0.15) is 9.40 Å². The van der Waals surface area contributed by atoms with Gasteiger partial charge in [0.25, 0.3) is 10.0 Å². The van der Waals surface area contributed by atoms with E-state index in [1.54, 1.807) is 18.2 Å². The molecule has 0 bridgehead atoms. The molecule has 27 heavy (non-hydrogen) atoms. The van der Waals surface area contributed by atoms with Crippen molar-refractivity contribution in [2.24, 2.45) is 0 Å². The number of carbonyl (C=O) groups excluding carboxylic acids is 1. The van der Waals surface area contributed by atoms with Crippen molar-refractivity contribution in [3.05, 3.63) is 52.3 Å². The van der Waals surface area contributed by atoms with Crippen LogP contribution in [0.3, 0.4) is 0 Å². The van der Waals surface area contributed by atoms with Crippen LogP contribution in [-0.2, 0) is 14.8 Å². The fourth-order valence-electron chi connectivity index (χ4n) is 2.21. The van der Waals surface area contributed by atoms with Gasteiger partial charge < -0.3 is 5.32 Å². The van der Waals surface area contributed by atoms with Gasteiger partial charge in [0, 0.05) is 12.1 Å². The summed E-state index contributed by atoms with van der Waals surface area (Å²) in [5.41, 5.74) is 0.920. The predicted molar refractivity (Wildman–Crippen MR) is 104 cm³/mol. The van der Waals surface area contributed by atoms with Crippen molar-refractivity contribution in [1.29, 1.82) is 0 Å². The topological polar surface area (TPSA) is 97.2 Å². The van der Waals surface area contributed by atoms with E-state index in [9.17, 15) is 13.2 Å². The van der Waals surface area contributed by atoms with E-state index in [0.29, 0.717) is 20.7 Å². The Morgan fingerprint density at radius 2 is 2.07 bits per heavy atom. The van der Waals surface area contributed by atoms with Crippen molar-refractivity contribution in [1.82, 2.24) is 19.1 Å². The smallest absolute Gasteiger partial charge is 0.252 e. The lowest BCUT2D eigenvalue weighted by Gasteiger charge is -2.17. The fourth-order valence-corrected chi connectivity index (χ4v) is 5.20. The minimum Gasteiger partial charge on any atom is -0.323 e. The summed E-state index contributed by atoms with van der Waals surface area (Å²) < 4.78 is 27.8. The van der Waals surface area contributed by atoms with Crippen LogP contribution >= 0.6 is 34.5 Å². The standard InChI is InChI=1S/C15H13Cl2N5O3S2/c1-21(27(24,25)15-5-4-13(17)26-15)7-14(23)20-11-6-10(16)2-3-12(11)22-9-18-8-19-22/h2-6,8-9H,7H2,1H3,(H,20,23). The number of nitrogens with one attached hydrogen (secondary N) is 1. The van der Waals surface area contributed by atoms with Crippen LogP contribution in [0.2, 0.25) is 9.36 Å². The van der Waals surface area contributed by atoms with Crippen LogP contribution in [0.5, 0.6) is 0 Å². The van der Waals surface area contributed by atoms with Gasteiger partial charge in [-0.3, -0.25) is 4.79 Å². The number of benzene rings is 1. The van der Waals surface area contributed by atoms with Crippen LogP contribution in [0.25, 0.3) is 5.69 Å². The van der Waals surface area contributed by atoms with Gasteiger partial charge in [0.05, 0.1) is 22.3 Å². The summed E-state index contributed by atoms with van der Waals surface area (Å²) in [5.74, 6) is -0.535. The molecule has 12 heteroatoms. The Kier molecular flexibility index (Phi) is 5.82. The van der Waals surface area contributed by atoms with E-state index in [0.717, 1.165) is 15.6 Å². The Balaban J connectivity index is 1.77. The van der Waals surface area contributed by atoms with Gasteiger partial charge >= 0.3 is 0 Å². The SMILES string of the molecule is CN(CC(=O)Nc1cc(Cl)ccc1-n1cncn1)S(=O)(=O)c1ccc(Cl)s1. The third-order valence-electron chi connectivity index (χ3n) is 3.48. The molecular formula is C15H13Cl2N5O3S2. The number of carbonyl (C=O) groups is 1. The van der Waals surface area contributed by atoms with Gasteiger partial charge in [-0.05, 0) is 30.3 Å². The molecule has 142 valence electrons. The Hall–Kier alpha value is -1.98. The molecule has 0 aliphatic rings. The first-order chi connectivity index (χ1) is 12.8. The van der Waals surface area contributed by atoms with Crippen LogP contribution in [-0.4, -0.2) is 47.0 Å². The predicted octanol–water partition coefficient (Wildman–Crippen LogP) is 2.89. The number of aromatic nitrogens is 3. The molecule has 0 spiro atoms. The Labute approximate surface area is 169 Å². The van der Waals surface area contributed by atoms with Crippen LogP contribution in [0.15, 0.2) is 47.2 Å². The molecular weight excluding hydrogens is 433 g/mol. The zero-order valence-corrected chi connectivity index (χ0v) is 17.0. The molecule has 0 unspecified atom stereocenters. The molecule has 2 aromatic heterocycles. The van der Waals surface area contributed by atoms with Crippen LogP contribution in [0.4, 0.5) is 5.69 Å². The van der Waals surface area contributed by atoms with Gasteiger partial charge in [0.2, 0.25) is 5.91 Å². The molecule has 8 nitrogen and oxygen atoms in total. The second kappa shape index (κ2) is 7.95. The molecule has 3 rings (SSSR count). The number of hydrogen-bond acceptors (Lipinski definition) is 6. The lowest BCUT2D eigenvalue weighted by atomic mass is 10.2. The Morgan fingerprint density at radius 1 is 1.30 bits per heavy atom. The first-order valence-electron chi connectivity index (χ1n) is 7.43. The van der Waals surface area contributed by atoms with Crippen LogP contribution in [0, 0.1) is 0 Å². The normalized spacial score (nSPS) is 11.7. The molecule has 1 amide bonds. The average molecular weight is 446 g/mol. The zero-order chi connectivity index (χ0) is 19.6. The zero-order valence-electron chi connectivity index (χ0n) is 13.8. The molecule has 0 fully saturated rings. The molecule has 1 N–H and O–H groups in total. The summed E-state index contributed by atoms with van der Waals surface area (Å²) in [6, 6.07) is 7.75. The average Bonchev–Trinajstić information content (AvgIpc) is 3.26. The number of thiophene rings is 1. The monoisotopic (exact) mass is 445 g/mol.